The SMILES string of the molecule is O=C(NC1CCOc2cccnc21)c1ccc2nccn2c1. The second-order valence-corrected chi connectivity index (χ2v) is 5.16. The van der Waals surface area contributed by atoms with Crippen molar-refractivity contribution in [2.45, 2.75) is 12.5 Å². The first-order chi connectivity index (χ1) is 10.8. The first-order valence-electron chi connectivity index (χ1n) is 7.12. The molecule has 0 radical (unpaired) electrons. The number of nitrogens with zero attached hydrogens (tertiary/aromatic N) is 3. The van der Waals surface area contributed by atoms with E-state index in [9.17, 15) is 4.79 Å². The number of rotatable bonds is 2. The molecule has 0 fully saturated rings. The van der Waals surface area contributed by atoms with Gasteiger partial charge in [-0.1, -0.05) is 0 Å². The van der Waals surface area contributed by atoms with Crippen molar-refractivity contribution < 1.29 is 9.53 Å². The molecule has 0 aromatic carbocycles. The molecule has 0 saturated heterocycles. The van der Waals surface area contributed by atoms with Crippen LogP contribution in [0.5, 0.6) is 5.75 Å². The summed E-state index contributed by atoms with van der Waals surface area (Å²) in [6.07, 6.45) is 7.72. The van der Waals surface area contributed by atoms with E-state index in [1.54, 1.807) is 24.7 Å². The fourth-order valence-electron chi connectivity index (χ4n) is 2.65. The van der Waals surface area contributed by atoms with Gasteiger partial charge in [-0.2, -0.15) is 0 Å². The van der Waals surface area contributed by atoms with Crippen LogP contribution in [0.15, 0.2) is 49.1 Å². The van der Waals surface area contributed by atoms with Gasteiger partial charge in [-0.25, -0.2) is 4.98 Å². The minimum atomic E-state index is -0.129. The molecule has 1 unspecified atom stereocenters. The van der Waals surface area contributed by atoms with Gasteiger partial charge in [0, 0.05) is 31.2 Å². The third-order valence-corrected chi connectivity index (χ3v) is 3.75. The number of hydrogen-bond donors (Lipinski definition) is 1. The van der Waals surface area contributed by atoms with Crippen LogP contribution in [0.25, 0.3) is 5.65 Å². The van der Waals surface area contributed by atoms with E-state index in [-0.39, 0.29) is 11.9 Å². The number of carbonyl (C=O) groups is 1. The highest BCUT2D eigenvalue weighted by atomic mass is 16.5. The predicted octanol–water partition coefficient (Wildman–Crippen LogP) is 1.98. The monoisotopic (exact) mass is 294 g/mol. The molecule has 1 N–H and O–H groups in total. The Hall–Kier alpha value is -2.89. The molecule has 0 spiro atoms. The Morgan fingerprint density at radius 1 is 1.27 bits per heavy atom. The zero-order chi connectivity index (χ0) is 14.9. The summed E-state index contributed by atoms with van der Waals surface area (Å²) in [5.74, 6) is 0.614. The Bertz CT molecular complexity index is 843. The van der Waals surface area contributed by atoms with Gasteiger partial charge in [0.05, 0.1) is 18.2 Å². The summed E-state index contributed by atoms with van der Waals surface area (Å²) < 4.78 is 7.39. The lowest BCUT2D eigenvalue weighted by Crippen LogP contribution is -2.32. The molecule has 1 amide bonds. The topological polar surface area (TPSA) is 68.5 Å². The number of carbonyl (C=O) groups excluding carboxylic acids is 1. The van der Waals surface area contributed by atoms with E-state index in [0.29, 0.717) is 18.6 Å². The fourth-order valence-corrected chi connectivity index (χ4v) is 2.65. The molecular weight excluding hydrogens is 280 g/mol. The van der Waals surface area contributed by atoms with Gasteiger partial charge in [-0.05, 0) is 24.3 Å². The first-order valence-corrected chi connectivity index (χ1v) is 7.12. The van der Waals surface area contributed by atoms with E-state index in [2.05, 4.69) is 15.3 Å². The lowest BCUT2D eigenvalue weighted by molar-refractivity contribution is 0.0922. The molecular formula is C16H14N4O2. The van der Waals surface area contributed by atoms with Crippen LogP contribution in [0.1, 0.15) is 28.5 Å². The third-order valence-electron chi connectivity index (χ3n) is 3.75. The highest BCUT2D eigenvalue weighted by Gasteiger charge is 2.24. The lowest BCUT2D eigenvalue weighted by atomic mass is 10.1. The summed E-state index contributed by atoms with van der Waals surface area (Å²) in [6, 6.07) is 7.17. The van der Waals surface area contributed by atoms with Crippen molar-refractivity contribution in [2.24, 2.45) is 0 Å². The van der Waals surface area contributed by atoms with Gasteiger partial charge in [0.2, 0.25) is 0 Å². The van der Waals surface area contributed by atoms with E-state index in [4.69, 9.17) is 4.74 Å². The Balaban J connectivity index is 1.59. The molecule has 4 rings (SSSR count). The molecule has 6 nitrogen and oxygen atoms in total. The molecule has 0 bridgehead atoms. The van der Waals surface area contributed by atoms with Crippen LogP contribution in [0.3, 0.4) is 0 Å². The molecule has 4 heterocycles. The third kappa shape index (κ3) is 2.18. The van der Waals surface area contributed by atoms with Crippen molar-refractivity contribution >= 4 is 11.6 Å². The van der Waals surface area contributed by atoms with Crippen molar-refractivity contribution in [3.8, 4) is 5.75 Å². The van der Waals surface area contributed by atoms with Crippen LogP contribution >= 0.6 is 0 Å². The molecule has 0 saturated carbocycles. The molecule has 22 heavy (non-hydrogen) atoms. The van der Waals surface area contributed by atoms with Crippen LogP contribution in [0.4, 0.5) is 0 Å². The summed E-state index contributed by atoms with van der Waals surface area (Å²) in [5.41, 5.74) is 2.19. The minimum absolute atomic E-state index is 0.126. The van der Waals surface area contributed by atoms with Gasteiger partial charge in [0.15, 0.2) is 0 Å². The molecule has 6 heteroatoms. The van der Waals surface area contributed by atoms with Crippen molar-refractivity contribution in [2.75, 3.05) is 6.61 Å². The van der Waals surface area contributed by atoms with Gasteiger partial charge in [0.25, 0.3) is 5.91 Å². The highest BCUT2D eigenvalue weighted by Crippen LogP contribution is 2.29. The number of pyridine rings is 2. The fraction of sp³-hybridized carbons (Fsp3) is 0.188. The highest BCUT2D eigenvalue weighted by molar-refractivity contribution is 5.94. The van der Waals surface area contributed by atoms with Crippen molar-refractivity contribution in [1.29, 1.82) is 0 Å². The van der Waals surface area contributed by atoms with Crippen LogP contribution in [0, 0.1) is 0 Å². The Morgan fingerprint density at radius 3 is 3.18 bits per heavy atom. The maximum Gasteiger partial charge on any atom is 0.253 e. The number of imidazole rings is 1. The summed E-state index contributed by atoms with van der Waals surface area (Å²) in [4.78, 5) is 21.0. The summed E-state index contributed by atoms with van der Waals surface area (Å²) >= 11 is 0. The number of ether oxygens (including phenoxy) is 1. The maximum atomic E-state index is 12.5. The molecule has 1 aliphatic rings. The van der Waals surface area contributed by atoms with Crippen LogP contribution in [-0.2, 0) is 0 Å². The average Bonchev–Trinajstić information content (AvgIpc) is 3.02. The summed E-state index contributed by atoms with van der Waals surface area (Å²) in [6.45, 7) is 0.574. The van der Waals surface area contributed by atoms with E-state index in [0.717, 1.165) is 17.1 Å². The number of nitrogens with one attached hydrogen (secondary N) is 1. The zero-order valence-electron chi connectivity index (χ0n) is 11.8. The smallest absolute Gasteiger partial charge is 0.253 e. The predicted molar refractivity (Wildman–Crippen MR) is 79.7 cm³/mol. The lowest BCUT2D eigenvalue weighted by Gasteiger charge is -2.25. The van der Waals surface area contributed by atoms with Gasteiger partial charge >= 0.3 is 0 Å². The minimum Gasteiger partial charge on any atom is -0.491 e. The molecule has 0 aliphatic carbocycles. The Labute approximate surface area is 126 Å². The second-order valence-electron chi connectivity index (χ2n) is 5.16. The number of hydrogen-bond acceptors (Lipinski definition) is 4. The van der Waals surface area contributed by atoms with E-state index in [1.807, 2.05) is 28.8 Å². The molecule has 3 aromatic heterocycles. The molecule has 3 aromatic rings. The van der Waals surface area contributed by atoms with Crippen molar-refractivity contribution in [3.63, 3.8) is 0 Å². The van der Waals surface area contributed by atoms with Gasteiger partial charge in [-0.3, -0.25) is 9.78 Å². The Morgan fingerprint density at radius 2 is 2.23 bits per heavy atom. The molecule has 1 atom stereocenters. The van der Waals surface area contributed by atoms with Gasteiger partial charge in [-0.15, -0.1) is 0 Å². The number of fused-ring (bicyclic) bond motifs is 2. The second kappa shape index (κ2) is 5.14. The van der Waals surface area contributed by atoms with Crippen molar-refractivity contribution in [1.82, 2.24) is 19.7 Å². The van der Waals surface area contributed by atoms with E-state index < -0.39 is 0 Å². The van der Waals surface area contributed by atoms with Crippen molar-refractivity contribution in [3.05, 3.63) is 60.3 Å². The largest absolute Gasteiger partial charge is 0.491 e. The maximum absolute atomic E-state index is 12.5. The number of amides is 1. The average molecular weight is 294 g/mol. The summed E-state index contributed by atoms with van der Waals surface area (Å²) in [7, 11) is 0. The van der Waals surface area contributed by atoms with E-state index in [1.165, 1.54) is 0 Å². The standard InChI is InChI=1S/C16H14N4O2/c21-16(11-3-4-14-17-7-8-20(14)10-11)19-12-5-9-22-13-2-1-6-18-15(12)13/h1-4,6-8,10,12H,5,9H2,(H,19,21). The van der Waals surface area contributed by atoms with Crippen LogP contribution < -0.4 is 10.1 Å². The zero-order valence-corrected chi connectivity index (χ0v) is 11.8. The number of aromatic nitrogens is 3. The van der Waals surface area contributed by atoms with Gasteiger partial charge < -0.3 is 14.5 Å². The Kier molecular flexibility index (Phi) is 3.00. The quantitative estimate of drug-likeness (QED) is 0.784. The molecule has 1 aliphatic heterocycles. The first kappa shape index (κ1) is 12.8. The van der Waals surface area contributed by atoms with E-state index >= 15 is 0 Å². The van der Waals surface area contributed by atoms with Crippen LogP contribution in [-0.4, -0.2) is 26.9 Å². The normalized spacial score (nSPS) is 16.8. The van der Waals surface area contributed by atoms with Gasteiger partial charge in [0.1, 0.15) is 17.1 Å². The molecule has 110 valence electrons. The summed E-state index contributed by atoms with van der Waals surface area (Å²) in [5, 5.41) is 3.03. The van der Waals surface area contributed by atoms with Crippen LogP contribution in [0.2, 0.25) is 0 Å².